The summed E-state index contributed by atoms with van der Waals surface area (Å²) in [4.78, 5) is 14.8. The maximum atomic E-state index is 14.1. The molecule has 3 aromatic carbocycles. The lowest BCUT2D eigenvalue weighted by molar-refractivity contribution is -0.0658. The zero-order valence-electron chi connectivity index (χ0n) is 18.4. The Labute approximate surface area is 187 Å². The first-order valence-corrected chi connectivity index (χ1v) is 11.0. The molecule has 0 radical (unpaired) electrons. The second-order valence-electron chi connectivity index (χ2n) is 8.34. The first-order chi connectivity index (χ1) is 15.4. The van der Waals surface area contributed by atoms with Crippen molar-refractivity contribution in [2.24, 2.45) is 0 Å². The average molecular weight is 436 g/mol. The van der Waals surface area contributed by atoms with Gasteiger partial charge in [0.05, 0.1) is 6.04 Å². The van der Waals surface area contributed by atoms with Gasteiger partial charge < -0.3 is 9.64 Å². The Balaban J connectivity index is 1.52. The molecule has 0 unspecified atom stereocenters. The summed E-state index contributed by atoms with van der Waals surface area (Å²) in [7, 11) is 0. The minimum Gasteiger partial charge on any atom is -0.438 e. The molecular weight excluding hydrogens is 408 g/mol. The van der Waals surface area contributed by atoms with E-state index in [-0.39, 0.29) is 12.1 Å². The van der Waals surface area contributed by atoms with E-state index in [9.17, 15) is 13.6 Å². The third kappa shape index (κ3) is 4.24. The normalized spacial score (nSPS) is 19.5. The van der Waals surface area contributed by atoms with Gasteiger partial charge in [-0.2, -0.15) is 0 Å². The van der Waals surface area contributed by atoms with Crippen molar-refractivity contribution in [1.29, 1.82) is 0 Å². The van der Waals surface area contributed by atoms with Gasteiger partial charge in [-0.15, -0.1) is 0 Å². The second-order valence-corrected chi connectivity index (χ2v) is 8.34. The Morgan fingerprint density at radius 2 is 1.75 bits per heavy atom. The quantitative estimate of drug-likeness (QED) is 0.409. The highest BCUT2D eigenvalue weighted by atomic mass is 19.1. The minimum absolute atomic E-state index is 0.190. The first kappa shape index (κ1) is 22.0. The lowest BCUT2D eigenvalue weighted by atomic mass is 9.84. The molecule has 0 spiro atoms. The molecule has 5 heteroatoms. The summed E-state index contributed by atoms with van der Waals surface area (Å²) >= 11 is 0. The maximum absolute atomic E-state index is 14.1. The molecular formula is C27H27F2NO2. The lowest BCUT2D eigenvalue weighted by Crippen LogP contribution is -2.48. The number of carbonyl (C=O) groups excluding carboxylic acids is 1. The number of hydrogen-bond acceptors (Lipinski definition) is 2. The van der Waals surface area contributed by atoms with Crippen molar-refractivity contribution < 1.29 is 18.3 Å². The monoisotopic (exact) mass is 435 g/mol. The van der Waals surface area contributed by atoms with E-state index in [4.69, 9.17) is 4.74 Å². The molecule has 1 heterocycles. The van der Waals surface area contributed by atoms with Crippen LogP contribution < -0.4 is 0 Å². The maximum Gasteiger partial charge on any atom is 0.411 e. The van der Waals surface area contributed by atoms with Gasteiger partial charge in [-0.25, -0.2) is 13.6 Å². The number of ether oxygens (including phenoxy) is 1. The van der Waals surface area contributed by atoms with E-state index in [1.54, 1.807) is 17.0 Å². The molecule has 2 atom stereocenters. The summed E-state index contributed by atoms with van der Waals surface area (Å²) in [6.45, 7) is 4.65. The van der Waals surface area contributed by atoms with E-state index in [0.717, 1.165) is 36.5 Å². The van der Waals surface area contributed by atoms with Crippen LogP contribution in [0, 0.1) is 11.6 Å². The molecule has 0 bridgehead atoms. The van der Waals surface area contributed by atoms with Gasteiger partial charge in [0, 0.05) is 24.6 Å². The largest absolute Gasteiger partial charge is 0.438 e. The molecule has 1 aliphatic rings. The fourth-order valence-electron chi connectivity index (χ4n) is 4.53. The van der Waals surface area contributed by atoms with Crippen LogP contribution in [0.25, 0.3) is 11.1 Å². The number of cyclic esters (lactones) is 1. The van der Waals surface area contributed by atoms with E-state index in [0.29, 0.717) is 17.7 Å². The van der Waals surface area contributed by atoms with Crippen LogP contribution in [0.2, 0.25) is 0 Å². The van der Waals surface area contributed by atoms with Crippen molar-refractivity contribution >= 4 is 6.09 Å². The van der Waals surface area contributed by atoms with Crippen molar-refractivity contribution in [2.75, 3.05) is 6.54 Å². The zero-order valence-corrected chi connectivity index (χ0v) is 18.4. The number of carbonyl (C=O) groups is 1. The topological polar surface area (TPSA) is 29.5 Å². The Hall–Kier alpha value is -3.21. The van der Waals surface area contributed by atoms with Gasteiger partial charge in [-0.3, -0.25) is 0 Å². The first-order valence-electron chi connectivity index (χ1n) is 11.0. The minimum atomic E-state index is -0.602. The van der Waals surface area contributed by atoms with Crippen LogP contribution in [0.3, 0.4) is 0 Å². The predicted octanol–water partition coefficient (Wildman–Crippen LogP) is 7.23. The van der Waals surface area contributed by atoms with Crippen molar-refractivity contribution in [1.82, 2.24) is 4.90 Å². The molecule has 32 heavy (non-hydrogen) atoms. The van der Waals surface area contributed by atoms with Crippen LogP contribution in [0.15, 0.2) is 72.8 Å². The van der Waals surface area contributed by atoms with Gasteiger partial charge in [0.25, 0.3) is 0 Å². The van der Waals surface area contributed by atoms with Gasteiger partial charge in [0.1, 0.15) is 17.2 Å². The predicted molar refractivity (Wildman–Crippen MR) is 121 cm³/mol. The van der Waals surface area contributed by atoms with Crippen LogP contribution in [-0.2, 0) is 10.3 Å². The lowest BCUT2D eigenvalue weighted by Gasteiger charge is -2.43. The van der Waals surface area contributed by atoms with Gasteiger partial charge in [-0.05, 0) is 42.2 Å². The van der Waals surface area contributed by atoms with Gasteiger partial charge in [-0.1, -0.05) is 67.9 Å². The Morgan fingerprint density at radius 1 is 1.03 bits per heavy atom. The molecule has 1 amide bonds. The molecule has 4 rings (SSSR count). The molecule has 0 aliphatic carbocycles. The highest BCUT2D eigenvalue weighted by Gasteiger charge is 2.42. The van der Waals surface area contributed by atoms with Crippen LogP contribution in [-0.4, -0.2) is 17.5 Å². The van der Waals surface area contributed by atoms with Crippen LogP contribution in [0.4, 0.5) is 13.6 Å². The number of hydrogen-bond donors (Lipinski definition) is 0. The Kier molecular flexibility index (Phi) is 6.26. The number of halogens is 2. The summed E-state index contributed by atoms with van der Waals surface area (Å²) in [5.74, 6) is -1.20. The fraction of sp³-hybridized carbons (Fsp3) is 0.296. The van der Waals surface area contributed by atoms with Crippen molar-refractivity contribution in [3.05, 3.63) is 95.6 Å². The highest BCUT2D eigenvalue weighted by Crippen LogP contribution is 2.40. The molecule has 0 N–H and O–H groups in total. The third-order valence-corrected chi connectivity index (χ3v) is 6.33. The molecule has 1 fully saturated rings. The van der Waals surface area contributed by atoms with Crippen LogP contribution >= 0.6 is 0 Å². The summed E-state index contributed by atoms with van der Waals surface area (Å²) in [5, 5.41) is 0. The molecule has 3 aromatic rings. The van der Waals surface area contributed by atoms with E-state index < -0.39 is 17.2 Å². The SMILES string of the molecule is CCC[C@]1(c2ccccc2)CCN([C@@H](C)c2ccc(-c3ccc(F)cc3F)cc2)C(=O)O1. The van der Waals surface area contributed by atoms with E-state index in [2.05, 4.69) is 6.92 Å². The van der Waals surface area contributed by atoms with Crippen molar-refractivity contribution in [3.63, 3.8) is 0 Å². The van der Waals surface area contributed by atoms with E-state index >= 15 is 0 Å². The van der Waals surface area contributed by atoms with Crippen molar-refractivity contribution in [3.8, 4) is 11.1 Å². The molecule has 3 nitrogen and oxygen atoms in total. The van der Waals surface area contributed by atoms with Crippen LogP contribution in [0.1, 0.15) is 50.3 Å². The molecule has 1 aliphatic heterocycles. The summed E-state index contributed by atoms with van der Waals surface area (Å²) in [5.41, 5.74) is 2.37. The number of nitrogens with zero attached hydrogens (tertiary/aromatic N) is 1. The average Bonchev–Trinajstić information content (AvgIpc) is 2.80. The van der Waals surface area contributed by atoms with Gasteiger partial charge in [0.15, 0.2) is 0 Å². The van der Waals surface area contributed by atoms with Gasteiger partial charge in [0.2, 0.25) is 0 Å². The van der Waals surface area contributed by atoms with Gasteiger partial charge >= 0.3 is 6.09 Å². The van der Waals surface area contributed by atoms with E-state index in [1.807, 2.05) is 49.4 Å². The smallest absolute Gasteiger partial charge is 0.411 e. The number of amides is 1. The summed E-state index contributed by atoms with van der Waals surface area (Å²) in [6, 6.07) is 20.7. The highest BCUT2D eigenvalue weighted by molar-refractivity contribution is 5.70. The Bertz CT molecular complexity index is 1080. The van der Waals surface area contributed by atoms with Crippen molar-refractivity contribution in [2.45, 2.75) is 44.8 Å². The Morgan fingerprint density at radius 3 is 2.38 bits per heavy atom. The second kappa shape index (κ2) is 9.11. The third-order valence-electron chi connectivity index (χ3n) is 6.33. The molecule has 1 saturated heterocycles. The fourth-order valence-corrected chi connectivity index (χ4v) is 4.53. The standard InChI is InChI=1S/C27H27F2NO2/c1-3-15-27(22-7-5-4-6-8-22)16-17-30(26(31)32-27)19(2)20-9-11-21(12-10-20)24-14-13-23(28)18-25(24)29/h4-14,18-19H,3,15-17H2,1-2H3/t19-,27+/m0/s1. The number of benzene rings is 3. The summed E-state index contributed by atoms with van der Waals surface area (Å²) < 4.78 is 33.4. The number of rotatable bonds is 6. The summed E-state index contributed by atoms with van der Waals surface area (Å²) in [6.07, 6.45) is 2.09. The van der Waals surface area contributed by atoms with Crippen LogP contribution in [0.5, 0.6) is 0 Å². The molecule has 166 valence electrons. The molecule has 0 saturated carbocycles. The zero-order chi connectivity index (χ0) is 22.7. The van der Waals surface area contributed by atoms with E-state index in [1.165, 1.54) is 12.1 Å². The molecule has 0 aromatic heterocycles.